The largest absolute Gasteiger partial charge is 0.497 e. The van der Waals surface area contributed by atoms with E-state index < -0.39 is 18.6 Å². The fraction of sp³-hybridized carbons (Fsp3) is 0.250. The number of aliphatic carboxylic acids is 1. The Balaban J connectivity index is 3.06. The zero-order chi connectivity index (χ0) is 13.8. The van der Waals surface area contributed by atoms with Crippen LogP contribution in [0.1, 0.15) is 12.0 Å². The van der Waals surface area contributed by atoms with Gasteiger partial charge in [0, 0.05) is 6.08 Å². The molecule has 0 saturated heterocycles. The van der Waals surface area contributed by atoms with Gasteiger partial charge in [-0.05, 0) is 23.3 Å². The van der Waals surface area contributed by atoms with Crippen molar-refractivity contribution in [3.63, 3.8) is 0 Å². The molecular weight excluding hydrogens is 249 g/mol. The third kappa shape index (κ3) is 4.48. The van der Waals surface area contributed by atoms with E-state index in [4.69, 9.17) is 9.84 Å². The first kappa shape index (κ1) is 14.1. The molecule has 0 aliphatic heterocycles. The Morgan fingerprint density at radius 1 is 1.33 bits per heavy atom. The molecule has 0 fully saturated rings. The zero-order valence-corrected chi connectivity index (χ0v) is 9.49. The number of carbonyl (C=O) groups is 1. The standard InChI is InChI=1S/C12H11F3O3/c1-18-10-4-2-8(3-5-10)9(6-11(16)17)7-12(13,14)15/h2-6H,7H2,1H3,(H,16,17)/b9-6+. The van der Waals surface area contributed by atoms with Crippen LogP contribution >= 0.6 is 0 Å². The molecule has 3 nitrogen and oxygen atoms in total. The van der Waals surface area contributed by atoms with E-state index in [-0.39, 0.29) is 11.1 Å². The average Bonchev–Trinajstić information content (AvgIpc) is 2.26. The minimum Gasteiger partial charge on any atom is -0.497 e. The first-order valence-corrected chi connectivity index (χ1v) is 4.96. The highest BCUT2D eigenvalue weighted by Crippen LogP contribution is 2.31. The van der Waals surface area contributed by atoms with E-state index in [2.05, 4.69) is 0 Å². The molecule has 0 aromatic heterocycles. The molecule has 98 valence electrons. The van der Waals surface area contributed by atoms with Crippen molar-refractivity contribution in [3.05, 3.63) is 35.9 Å². The average molecular weight is 260 g/mol. The fourth-order valence-electron chi connectivity index (χ4n) is 1.41. The van der Waals surface area contributed by atoms with Crippen LogP contribution in [0, 0.1) is 0 Å². The molecule has 0 amide bonds. The highest BCUT2D eigenvalue weighted by Gasteiger charge is 2.29. The maximum atomic E-state index is 12.3. The number of alkyl halides is 3. The summed E-state index contributed by atoms with van der Waals surface area (Å²) in [6.07, 6.45) is -5.18. The molecule has 0 spiro atoms. The Hall–Kier alpha value is -1.98. The van der Waals surface area contributed by atoms with Gasteiger partial charge in [-0.2, -0.15) is 13.2 Å². The van der Waals surface area contributed by atoms with E-state index in [1.165, 1.54) is 31.4 Å². The van der Waals surface area contributed by atoms with Crippen LogP contribution in [0.3, 0.4) is 0 Å². The summed E-state index contributed by atoms with van der Waals surface area (Å²) < 4.78 is 41.9. The summed E-state index contributed by atoms with van der Waals surface area (Å²) in [4.78, 5) is 10.5. The second kappa shape index (κ2) is 5.57. The van der Waals surface area contributed by atoms with E-state index in [1.54, 1.807) is 0 Å². The van der Waals surface area contributed by atoms with Gasteiger partial charge in [0.15, 0.2) is 0 Å². The van der Waals surface area contributed by atoms with Gasteiger partial charge < -0.3 is 9.84 Å². The SMILES string of the molecule is COc1ccc(/C(=C/C(=O)O)CC(F)(F)F)cc1. The first-order chi connectivity index (χ1) is 8.31. The molecule has 0 aliphatic carbocycles. The lowest BCUT2D eigenvalue weighted by Gasteiger charge is -2.11. The number of ether oxygens (including phenoxy) is 1. The van der Waals surface area contributed by atoms with Crippen LogP contribution in [0.2, 0.25) is 0 Å². The summed E-state index contributed by atoms with van der Waals surface area (Å²) in [5.41, 5.74) is -0.0896. The van der Waals surface area contributed by atoms with Crippen molar-refractivity contribution in [1.29, 1.82) is 0 Å². The highest BCUT2D eigenvalue weighted by molar-refractivity contribution is 5.90. The van der Waals surface area contributed by atoms with Crippen molar-refractivity contribution in [3.8, 4) is 5.75 Å². The molecule has 0 unspecified atom stereocenters. The minimum absolute atomic E-state index is 0.204. The minimum atomic E-state index is -4.46. The quantitative estimate of drug-likeness (QED) is 0.846. The van der Waals surface area contributed by atoms with Crippen LogP contribution in [0.5, 0.6) is 5.75 Å². The number of methoxy groups -OCH3 is 1. The monoisotopic (exact) mass is 260 g/mol. The van der Waals surface area contributed by atoms with Gasteiger partial charge in [-0.25, -0.2) is 4.79 Å². The molecule has 1 rings (SSSR count). The summed E-state index contributed by atoms with van der Waals surface area (Å²) in [6, 6.07) is 5.72. The number of carboxylic acids is 1. The third-order valence-corrected chi connectivity index (χ3v) is 2.15. The fourth-order valence-corrected chi connectivity index (χ4v) is 1.41. The normalized spacial score (nSPS) is 12.3. The van der Waals surface area contributed by atoms with Gasteiger partial charge in [-0.1, -0.05) is 12.1 Å². The van der Waals surface area contributed by atoms with E-state index in [1.807, 2.05) is 0 Å². The summed E-state index contributed by atoms with van der Waals surface area (Å²) in [5, 5.41) is 8.57. The molecule has 0 heterocycles. The molecule has 1 aromatic carbocycles. The Kier molecular flexibility index (Phi) is 4.36. The van der Waals surface area contributed by atoms with E-state index in [0.29, 0.717) is 11.8 Å². The van der Waals surface area contributed by atoms with Crippen LogP contribution in [0.15, 0.2) is 30.3 Å². The predicted octanol–water partition coefficient (Wildman–Crippen LogP) is 3.12. The topological polar surface area (TPSA) is 46.5 Å². The predicted molar refractivity (Wildman–Crippen MR) is 59.3 cm³/mol. The number of hydrogen-bond acceptors (Lipinski definition) is 2. The van der Waals surface area contributed by atoms with E-state index in [9.17, 15) is 18.0 Å². The third-order valence-electron chi connectivity index (χ3n) is 2.15. The Morgan fingerprint density at radius 2 is 1.89 bits per heavy atom. The van der Waals surface area contributed by atoms with Crippen molar-refractivity contribution in [2.24, 2.45) is 0 Å². The first-order valence-electron chi connectivity index (χ1n) is 4.96. The molecular formula is C12H11F3O3. The van der Waals surface area contributed by atoms with Crippen molar-refractivity contribution in [1.82, 2.24) is 0 Å². The highest BCUT2D eigenvalue weighted by atomic mass is 19.4. The number of rotatable bonds is 4. The van der Waals surface area contributed by atoms with Gasteiger partial charge in [0.25, 0.3) is 0 Å². The lowest BCUT2D eigenvalue weighted by atomic mass is 10.0. The molecule has 0 aliphatic rings. The molecule has 18 heavy (non-hydrogen) atoms. The van der Waals surface area contributed by atoms with Crippen LogP contribution in [-0.4, -0.2) is 24.4 Å². The maximum Gasteiger partial charge on any atom is 0.393 e. The van der Waals surface area contributed by atoms with Gasteiger partial charge in [-0.15, -0.1) is 0 Å². The number of benzene rings is 1. The van der Waals surface area contributed by atoms with Gasteiger partial charge >= 0.3 is 12.1 Å². The van der Waals surface area contributed by atoms with E-state index >= 15 is 0 Å². The van der Waals surface area contributed by atoms with Crippen LogP contribution < -0.4 is 4.74 Å². The molecule has 6 heteroatoms. The van der Waals surface area contributed by atoms with E-state index in [0.717, 1.165) is 0 Å². The molecule has 0 bridgehead atoms. The van der Waals surface area contributed by atoms with Crippen LogP contribution in [-0.2, 0) is 4.79 Å². The summed E-state index contributed by atoms with van der Waals surface area (Å²) in [5.74, 6) is -0.925. The summed E-state index contributed by atoms with van der Waals surface area (Å²) in [6.45, 7) is 0. The number of allylic oxidation sites excluding steroid dienone is 1. The van der Waals surface area contributed by atoms with Crippen molar-refractivity contribution in [2.75, 3.05) is 7.11 Å². The Morgan fingerprint density at radius 3 is 2.28 bits per heavy atom. The number of halogens is 3. The molecule has 0 saturated carbocycles. The molecule has 0 radical (unpaired) electrons. The summed E-state index contributed by atoms with van der Waals surface area (Å²) in [7, 11) is 1.43. The molecule has 1 aromatic rings. The van der Waals surface area contributed by atoms with Gasteiger partial charge in [0.05, 0.1) is 13.5 Å². The lowest BCUT2D eigenvalue weighted by molar-refractivity contribution is -0.131. The van der Waals surface area contributed by atoms with Crippen LogP contribution in [0.4, 0.5) is 13.2 Å². The smallest absolute Gasteiger partial charge is 0.393 e. The second-order valence-corrected chi connectivity index (χ2v) is 3.53. The van der Waals surface area contributed by atoms with Crippen molar-refractivity contribution < 1.29 is 27.8 Å². The Labute approximate surface area is 101 Å². The second-order valence-electron chi connectivity index (χ2n) is 3.53. The number of carboxylic acid groups (broad SMARTS) is 1. The van der Waals surface area contributed by atoms with Crippen LogP contribution in [0.25, 0.3) is 5.57 Å². The van der Waals surface area contributed by atoms with Gasteiger partial charge in [-0.3, -0.25) is 0 Å². The Bertz CT molecular complexity index is 447. The van der Waals surface area contributed by atoms with Gasteiger partial charge in [0.2, 0.25) is 0 Å². The lowest BCUT2D eigenvalue weighted by Crippen LogP contribution is -2.09. The van der Waals surface area contributed by atoms with Gasteiger partial charge in [0.1, 0.15) is 5.75 Å². The summed E-state index contributed by atoms with van der Waals surface area (Å²) >= 11 is 0. The zero-order valence-electron chi connectivity index (χ0n) is 9.49. The molecule has 0 atom stereocenters. The molecule has 1 N–H and O–H groups in total. The maximum absolute atomic E-state index is 12.3. The van der Waals surface area contributed by atoms with Crippen molar-refractivity contribution in [2.45, 2.75) is 12.6 Å². The number of hydrogen-bond donors (Lipinski definition) is 1. The van der Waals surface area contributed by atoms with Crippen molar-refractivity contribution >= 4 is 11.5 Å².